The molecule has 0 bridgehead atoms. The van der Waals surface area contributed by atoms with E-state index in [-0.39, 0.29) is 25.4 Å². The van der Waals surface area contributed by atoms with Crippen LogP contribution in [-0.2, 0) is 38.4 Å². The first-order valence-corrected chi connectivity index (χ1v) is 14.6. The summed E-state index contributed by atoms with van der Waals surface area (Å²) in [6.45, 7) is 5.52. The van der Waals surface area contributed by atoms with E-state index in [1.54, 1.807) is 0 Å². The number of hydrogen-bond acceptors (Lipinski definition) is 9. The third-order valence-corrected chi connectivity index (χ3v) is 7.51. The Kier molecular flexibility index (Phi) is 13.0. The number of likely N-dealkylation sites (tertiary alicyclic amines) is 2. The van der Waals surface area contributed by atoms with Crippen LogP contribution in [0.2, 0.25) is 0 Å². The van der Waals surface area contributed by atoms with Gasteiger partial charge in [0, 0.05) is 13.1 Å². The first kappa shape index (κ1) is 35.9. The standard InChI is InChI=1S/C27H44N8O9/c1-13(2)10-15(28)22(38)32-16(11-20(29)36)23(39)31-14(3)25(41)35-9-5-7-19(35)26(42)34-8-4-6-18(34)24(40)33-17(27(43)44)12-21(30)37/h13-19H,4-12,28H2,1-3H3,(H2,29,36)(H2,30,37)(H,31,39)(H,32,38)(H,33,40)(H,43,44)/t14-,15-,16-,17-,18-,19-/m0/s1. The minimum Gasteiger partial charge on any atom is -0.480 e. The average Bonchev–Trinajstić information content (AvgIpc) is 3.61. The number of carbonyl (C=O) groups is 8. The predicted molar refractivity (Wildman–Crippen MR) is 154 cm³/mol. The number of amides is 7. The quantitative estimate of drug-likeness (QED) is 0.0950. The molecule has 0 saturated carbocycles. The van der Waals surface area contributed by atoms with E-state index in [1.807, 2.05) is 13.8 Å². The van der Waals surface area contributed by atoms with E-state index in [1.165, 1.54) is 16.7 Å². The normalized spacial score (nSPS) is 20.8. The number of hydrogen-bond donors (Lipinski definition) is 7. The van der Waals surface area contributed by atoms with Gasteiger partial charge in [0.15, 0.2) is 0 Å². The Morgan fingerprint density at radius 3 is 1.86 bits per heavy atom. The zero-order chi connectivity index (χ0) is 33.3. The fourth-order valence-electron chi connectivity index (χ4n) is 5.38. The lowest BCUT2D eigenvalue weighted by molar-refractivity contribution is -0.149. The third kappa shape index (κ3) is 9.89. The van der Waals surface area contributed by atoms with Gasteiger partial charge in [0.05, 0.1) is 18.9 Å². The summed E-state index contributed by atoms with van der Waals surface area (Å²) in [5.74, 6) is -6.48. The van der Waals surface area contributed by atoms with Crippen LogP contribution in [-0.4, -0.2) is 112 Å². The SMILES string of the molecule is CC(C)C[C@H](N)C(=O)N[C@@H](CC(N)=O)C(=O)N[C@@H](C)C(=O)N1CCC[C@H]1C(=O)N1CCC[C@H]1C(=O)N[C@@H](CC(N)=O)C(=O)O. The molecular weight excluding hydrogens is 580 g/mol. The Morgan fingerprint density at radius 1 is 0.773 bits per heavy atom. The van der Waals surface area contributed by atoms with Crippen LogP contribution in [0.4, 0.5) is 0 Å². The summed E-state index contributed by atoms with van der Waals surface area (Å²) in [6, 6.07) is -6.96. The second-order valence-electron chi connectivity index (χ2n) is 11.6. The third-order valence-electron chi connectivity index (χ3n) is 7.51. The molecule has 17 heteroatoms. The molecule has 0 unspecified atom stereocenters. The molecule has 2 heterocycles. The first-order valence-electron chi connectivity index (χ1n) is 14.6. The van der Waals surface area contributed by atoms with Crippen molar-refractivity contribution in [1.82, 2.24) is 25.8 Å². The zero-order valence-electron chi connectivity index (χ0n) is 25.2. The number of nitrogens with one attached hydrogen (secondary N) is 3. The van der Waals surface area contributed by atoms with E-state index in [9.17, 15) is 43.5 Å². The van der Waals surface area contributed by atoms with Gasteiger partial charge in [-0.05, 0) is 44.9 Å². The van der Waals surface area contributed by atoms with Crippen LogP contribution in [0.25, 0.3) is 0 Å². The highest BCUT2D eigenvalue weighted by Gasteiger charge is 2.43. The van der Waals surface area contributed by atoms with Crippen LogP contribution in [0.3, 0.4) is 0 Å². The van der Waals surface area contributed by atoms with Crippen molar-refractivity contribution in [2.24, 2.45) is 23.1 Å². The van der Waals surface area contributed by atoms with Crippen LogP contribution in [0.15, 0.2) is 0 Å². The fraction of sp³-hybridized carbons (Fsp3) is 0.704. The number of carboxylic acids is 1. The molecule has 6 atom stereocenters. The van der Waals surface area contributed by atoms with Crippen LogP contribution in [0.1, 0.15) is 65.7 Å². The first-order chi connectivity index (χ1) is 20.5. The van der Waals surface area contributed by atoms with Gasteiger partial charge in [-0.2, -0.15) is 0 Å². The number of carboxylic acid groups (broad SMARTS) is 1. The maximum atomic E-state index is 13.6. The molecule has 0 spiro atoms. The Hall–Kier alpha value is -4.28. The van der Waals surface area contributed by atoms with E-state index in [2.05, 4.69) is 16.0 Å². The van der Waals surface area contributed by atoms with E-state index in [4.69, 9.17) is 17.2 Å². The Labute approximate surface area is 254 Å². The molecule has 7 amide bonds. The van der Waals surface area contributed by atoms with Crippen LogP contribution < -0.4 is 33.2 Å². The van der Waals surface area contributed by atoms with Gasteiger partial charge in [-0.15, -0.1) is 0 Å². The topological polar surface area (TPSA) is 277 Å². The molecule has 2 aliphatic heterocycles. The van der Waals surface area contributed by atoms with Crippen molar-refractivity contribution in [2.45, 2.75) is 102 Å². The fourth-order valence-corrected chi connectivity index (χ4v) is 5.38. The molecule has 44 heavy (non-hydrogen) atoms. The van der Waals surface area contributed by atoms with Crippen molar-refractivity contribution in [3.05, 3.63) is 0 Å². The monoisotopic (exact) mass is 624 g/mol. The molecule has 10 N–H and O–H groups in total. The van der Waals surface area contributed by atoms with E-state index in [0.29, 0.717) is 25.7 Å². The molecule has 246 valence electrons. The van der Waals surface area contributed by atoms with Crippen LogP contribution >= 0.6 is 0 Å². The van der Waals surface area contributed by atoms with Gasteiger partial charge >= 0.3 is 5.97 Å². The summed E-state index contributed by atoms with van der Waals surface area (Å²) in [7, 11) is 0. The second-order valence-corrected chi connectivity index (χ2v) is 11.6. The van der Waals surface area contributed by atoms with Gasteiger partial charge in [-0.3, -0.25) is 33.6 Å². The van der Waals surface area contributed by atoms with Crippen molar-refractivity contribution < 1.29 is 43.5 Å². The summed E-state index contributed by atoms with van der Waals surface area (Å²) >= 11 is 0. The molecule has 0 aliphatic carbocycles. The minimum atomic E-state index is -1.55. The number of rotatable bonds is 15. The number of nitrogens with zero attached hydrogens (tertiary/aromatic N) is 2. The minimum absolute atomic E-state index is 0.0987. The van der Waals surface area contributed by atoms with Crippen molar-refractivity contribution >= 4 is 47.3 Å². The molecule has 2 saturated heterocycles. The van der Waals surface area contributed by atoms with Gasteiger partial charge < -0.3 is 48.1 Å². The highest BCUT2D eigenvalue weighted by atomic mass is 16.4. The number of aliphatic carboxylic acids is 1. The van der Waals surface area contributed by atoms with Crippen molar-refractivity contribution in [2.75, 3.05) is 13.1 Å². The van der Waals surface area contributed by atoms with Gasteiger partial charge in [-0.25, -0.2) is 4.79 Å². The van der Waals surface area contributed by atoms with Crippen molar-refractivity contribution in [3.8, 4) is 0 Å². The molecule has 2 aliphatic rings. The van der Waals surface area contributed by atoms with Gasteiger partial charge in [0.1, 0.15) is 30.2 Å². The molecule has 2 rings (SSSR count). The molecule has 0 radical (unpaired) electrons. The van der Waals surface area contributed by atoms with Gasteiger partial charge in [0.2, 0.25) is 41.4 Å². The maximum Gasteiger partial charge on any atom is 0.326 e. The Morgan fingerprint density at radius 2 is 1.32 bits per heavy atom. The maximum absolute atomic E-state index is 13.6. The van der Waals surface area contributed by atoms with Gasteiger partial charge in [-0.1, -0.05) is 13.8 Å². The van der Waals surface area contributed by atoms with Gasteiger partial charge in [0.25, 0.3) is 0 Å². The van der Waals surface area contributed by atoms with E-state index in [0.717, 1.165) is 0 Å². The summed E-state index contributed by atoms with van der Waals surface area (Å²) in [5, 5.41) is 16.5. The van der Waals surface area contributed by atoms with E-state index < -0.39 is 96.4 Å². The Bertz CT molecular complexity index is 1150. The number of primary amides is 2. The summed E-state index contributed by atoms with van der Waals surface area (Å²) in [4.78, 5) is 102. The smallest absolute Gasteiger partial charge is 0.326 e. The summed E-state index contributed by atoms with van der Waals surface area (Å²) in [6.07, 6.45) is 0.664. The van der Waals surface area contributed by atoms with Crippen molar-refractivity contribution in [1.29, 1.82) is 0 Å². The lowest BCUT2D eigenvalue weighted by Gasteiger charge is -2.32. The molecule has 0 aromatic rings. The second kappa shape index (κ2) is 16.0. The highest BCUT2D eigenvalue weighted by Crippen LogP contribution is 2.26. The molecule has 17 nitrogen and oxygen atoms in total. The van der Waals surface area contributed by atoms with Crippen molar-refractivity contribution in [3.63, 3.8) is 0 Å². The highest BCUT2D eigenvalue weighted by molar-refractivity contribution is 5.98. The zero-order valence-corrected chi connectivity index (χ0v) is 25.2. The molecular formula is C27H44N8O9. The average molecular weight is 625 g/mol. The largest absolute Gasteiger partial charge is 0.480 e. The molecule has 0 aromatic carbocycles. The lowest BCUT2D eigenvalue weighted by Crippen LogP contribution is -2.58. The summed E-state index contributed by atoms with van der Waals surface area (Å²) in [5.41, 5.74) is 16.2. The Balaban J connectivity index is 2.10. The van der Waals surface area contributed by atoms with Crippen LogP contribution in [0, 0.1) is 5.92 Å². The predicted octanol–water partition coefficient (Wildman–Crippen LogP) is -3.35. The molecule has 0 aromatic heterocycles. The number of carbonyl (C=O) groups excluding carboxylic acids is 7. The van der Waals surface area contributed by atoms with E-state index >= 15 is 0 Å². The summed E-state index contributed by atoms with van der Waals surface area (Å²) < 4.78 is 0. The lowest BCUT2D eigenvalue weighted by atomic mass is 10.0. The molecule has 2 fully saturated rings. The number of nitrogens with two attached hydrogens (primary N) is 3. The van der Waals surface area contributed by atoms with Crippen LogP contribution in [0.5, 0.6) is 0 Å².